The number of benzene rings is 1. The number of hydrogen-bond acceptors (Lipinski definition) is 6. The van der Waals surface area contributed by atoms with Crippen LogP contribution in [0.2, 0.25) is 0 Å². The molecule has 1 aromatic carbocycles. The van der Waals surface area contributed by atoms with Gasteiger partial charge in [-0.25, -0.2) is 4.99 Å². The van der Waals surface area contributed by atoms with Crippen LogP contribution in [0.3, 0.4) is 0 Å². The van der Waals surface area contributed by atoms with Gasteiger partial charge in [0.25, 0.3) is 0 Å². The van der Waals surface area contributed by atoms with E-state index in [-0.39, 0.29) is 5.91 Å². The van der Waals surface area contributed by atoms with Crippen molar-refractivity contribution in [3.05, 3.63) is 35.9 Å². The Labute approximate surface area is 173 Å². The largest absolute Gasteiger partial charge is 0.340 e. The van der Waals surface area contributed by atoms with Crippen LogP contribution in [0, 0.1) is 17.2 Å². The van der Waals surface area contributed by atoms with Crippen LogP contribution in [0.4, 0.5) is 0 Å². The Hall–Kier alpha value is -2.43. The Morgan fingerprint density at radius 2 is 1.79 bits per heavy atom. The predicted octanol–water partition coefficient (Wildman–Crippen LogP) is 1.28. The fraction of sp³-hybridized carbons (Fsp3) is 0.591. The van der Waals surface area contributed by atoms with Gasteiger partial charge < -0.3 is 9.80 Å². The van der Waals surface area contributed by atoms with Gasteiger partial charge in [0.2, 0.25) is 11.9 Å². The molecule has 1 N–H and O–H groups in total. The maximum absolute atomic E-state index is 12.8. The maximum atomic E-state index is 12.8. The van der Waals surface area contributed by atoms with Crippen LogP contribution in [0.15, 0.2) is 35.3 Å². The van der Waals surface area contributed by atoms with E-state index in [9.17, 15) is 10.1 Å². The molecule has 4 rings (SSSR count). The number of hydrogen-bond donors (Lipinski definition) is 1. The van der Waals surface area contributed by atoms with E-state index in [1.54, 1.807) is 0 Å². The van der Waals surface area contributed by atoms with Crippen LogP contribution in [0.25, 0.3) is 0 Å². The molecule has 1 amide bonds. The summed E-state index contributed by atoms with van der Waals surface area (Å²) in [6.07, 6.45) is 1.48. The van der Waals surface area contributed by atoms with E-state index < -0.39 is 11.5 Å². The smallest absolute Gasteiger partial charge is 0.246 e. The molecule has 3 heterocycles. The number of rotatable bonds is 3. The third-order valence-electron chi connectivity index (χ3n) is 6.58. The summed E-state index contributed by atoms with van der Waals surface area (Å²) in [7, 11) is 0. The minimum absolute atomic E-state index is 0.188. The zero-order chi connectivity index (χ0) is 20.3. The highest BCUT2D eigenvalue weighted by Gasteiger charge is 2.49. The molecule has 29 heavy (non-hydrogen) atoms. The molecule has 7 nitrogen and oxygen atoms in total. The first-order valence-corrected chi connectivity index (χ1v) is 10.7. The number of nitriles is 1. The Kier molecular flexibility index (Phi) is 5.84. The average molecular weight is 395 g/mol. The number of likely N-dealkylation sites (N-methyl/N-ethyl adjacent to an activating group) is 1. The zero-order valence-electron chi connectivity index (χ0n) is 17.2. The van der Waals surface area contributed by atoms with Gasteiger partial charge in [0.05, 0.1) is 11.6 Å². The zero-order valence-corrected chi connectivity index (χ0v) is 17.2. The summed E-state index contributed by atoms with van der Waals surface area (Å²) in [6.45, 7) is 9.49. The highest BCUT2D eigenvalue weighted by molar-refractivity contribution is 6.02. The van der Waals surface area contributed by atoms with Gasteiger partial charge in [0.15, 0.2) is 5.92 Å². The molecule has 1 aromatic rings. The van der Waals surface area contributed by atoms with Gasteiger partial charge in [-0.3, -0.25) is 15.0 Å². The van der Waals surface area contributed by atoms with Crippen molar-refractivity contribution in [2.75, 3.05) is 45.8 Å². The number of nitrogens with one attached hydrogen (secondary N) is 1. The van der Waals surface area contributed by atoms with Gasteiger partial charge in [0, 0.05) is 45.8 Å². The van der Waals surface area contributed by atoms with Crippen molar-refractivity contribution in [1.29, 1.82) is 5.26 Å². The van der Waals surface area contributed by atoms with Gasteiger partial charge in [-0.2, -0.15) is 5.26 Å². The maximum Gasteiger partial charge on any atom is 0.246 e. The van der Waals surface area contributed by atoms with Crippen LogP contribution in [-0.4, -0.2) is 77.9 Å². The normalized spacial score (nSPS) is 25.4. The monoisotopic (exact) mass is 394 g/mol. The van der Waals surface area contributed by atoms with Crippen molar-refractivity contribution in [2.24, 2.45) is 10.9 Å². The van der Waals surface area contributed by atoms with E-state index in [4.69, 9.17) is 4.99 Å². The molecule has 2 fully saturated rings. The van der Waals surface area contributed by atoms with Crippen LogP contribution in [-0.2, 0) is 11.3 Å². The van der Waals surface area contributed by atoms with Crippen LogP contribution in [0.1, 0.15) is 25.3 Å². The number of carbonyl (C=O) groups excluding carboxylic acids is 1. The second-order valence-corrected chi connectivity index (χ2v) is 8.27. The topological polar surface area (TPSA) is 75.0 Å². The molecule has 3 aliphatic rings. The van der Waals surface area contributed by atoms with Crippen LogP contribution >= 0.6 is 0 Å². The van der Waals surface area contributed by atoms with E-state index in [0.29, 0.717) is 5.96 Å². The molecule has 1 unspecified atom stereocenters. The number of amides is 1. The van der Waals surface area contributed by atoms with E-state index in [1.807, 2.05) is 6.07 Å². The van der Waals surface area contributed by atoms with Crippen molar-refractivity contribution in [1.82, 2.24) is 20.0 Å². The molecule has 0 bridgehead atoms. The first kappa shape index (κ1) is 19.9. The Morgan fingerprint density at radius 3 is 2.41 bits per heavy atom. The Balaban J connectivity index is 1.48. The minimum atomic E-state index is -0.706. The number of piperidine rings is 1. The standard InChI is InChI=1S/C22H30N6O/c1-2-26-12-14-28(15-13-26)21-24-20(29)19(16-23)22(25-21)8-10-27(11-9-22)17-18-6-4-3-5-7-18/h3-7,19H,2,8-15,17H2,1H3,(H,24,25,29). The summed E-state index contributed by atoms with van der Waals surface area (Å²) in [5.41, 5.74) is 0.696. The lowest BCUT2D eigenvalue weighted by atomic mass is 9.76. The molecule has 154 valence electrons. The molecule has 3 aliphatic heterocycles. The number of carbonyl (C=O) groups is 1. The average Bonchev–Trinajstić information content (AvgIpc) is 2.76. The summed E-state index contributed by atoms with van der Waals surface area (Å²) >= 11 is 0. The van der Waals surface area contributed by atoms with Gasteiger partial charge in [-0.15, -0.1) is 0 Å². The van der Waals surface area contributed by atoms with Gasteiger partial charge in [0.1, 0.15) is 0 Å². The summed E-state index contributed by atoms with van der Waals surface area (Å²) < 4.78 is 0. The number of likely N-dealkylation sites (tertiary alicyclic amines) is 1. The molecule has 0 aliphatic carbocycles. The van der Waals surface area contributed by atoms with Crippen molar-refractivity contribution >= 4 is 11.9 Å². The third kappa shape index (κ3) is 4.14. The first-order valence-electron chi connectivity index (χ1n) is 10.7. The van der Waals surface area contributed by atoms with Gasteiger partial charge >= 0.3 is 0 Å². The SMILES string of the molecule is CCN1CCN(C2=NC3(CCN(Cc4ccccc4)CC3)C(C#N)C(=O)N2)CC1. The van der Waals surface area contributed by atoms with E-state index in [0.717, 1.165) is 65.2 Å². The van der Waals surface area contributed by atoms with E-state index in [2.05, 4.69) is 57.3 Å². The molecule has 0 aromatic heterocycles. The second-order valence-electron chi connectivity index (χ2n) is 8.27. The van der Waals surface area contributed by atoms with Crippen LogP contribution < -0.4 is 5.32 Å². The Morgan fingerprint density at radius 1 is 1.10 bits per heavy atom. The minimum Gasteiger partial charge on any atom is -0.340 e. The molecule has 0 saturated carbocycles. The summed E-state index contributed by atoms with van der Waals surface area (Å²) in [4.78, 5) is 24.8. The van der Waals surface area contributed by atoms with Crippen molar-refractivity contribution in [2.45, 2.75) is 31.8 Å². The summed E-state index contributed by atoms with van der Waals surface area (Å²) in [5, 5.41) is 12.7. The number of nitrogens with zero attached hydrogens (tertiary/aromatic N) is 5. The van der Waals surface area contributed by atoms with Crippen LogP contribution in [0.5, 0.6) is 0 Å². The molecular weight excluding hydrogens is 364 g/mol. The molecule has 0 radical (unpaired) electrons. The fourth-order valence-electron chi connectivity index (χ4n) is 4.67. The van der Waals surface area contributed by atoms with Gasteiger partial charge in [-0.05, 0) is 24.9 Å². The lowest BCUT2D eigenvalue weighted by Crippen LogP contribution is -2.62. The van der Waals surface area contributed by atoms with E-state index in [1.165, 1.54) is 5.56 Å². The van der Waals surface area contributed by atoms with E-state index >= 15 is 0 Å². The number of guanidine groups is 1. The second kappa shape index (κ2) is 8.52. The predicted molar refractivity (Wildman–Crippen MR) is 112 cm³/mol. The molecular formula is C22H30N6O. The third-order valence-corrected chi connectivity index (χ3v) is 6.58. The highest BCUT2D eigenvalue weighted by Crippen LogP contribution is 2.37. The Bertz CT molecular complexity index is 785. The fourth-order valence-corrected chi connectivity index (χ4v) is 4.67. The van der Waals surface area contributed by atoms with Gasteiger partial charge in [-0.1, -0.05) is 37.3 Å². The number of piperazine rings is 1. The molecule has 1 spiro atoms. The van der Waals surface area contributed by atoms with Crippen molar-refractivity contribution < 1.29 is 4.79 Å². The molecule has 2 saturated heterocycles. The van der Waals surface area contributed by atoms with Crippen molar-refractivity contribution in [3.8, 4) is 6.07 Å². The molecule has 1 atom stereocenters. The summed E-state index contributed by atoms with van der Waals surface area (Å²) in [5.74, 6) is -0.220. The molecule has 7 heteroatoms. The lowest BCUT2D eigenvalue weighted by Gasteiger charge is -2.45. The quantitative estimate of drug-likeness (QED) is 0.836. The highest BCUT2D eigenvalue weighted by atomic mass is 16.2. The number of aliphatic imine (C=N–C) groups is 1. The summed E-state index contributed by atoms with van der Waals surface area (Å²) in [6, 6.07) is 12.7. The lowest BCUT2D eigenvalue weighted by molar-refractivity contribution is -0.125. The first-order chi connectivity index (χ1) is 14.1. The van der Waals surface area contributed by atoms with Crippen molar-refractivity contribution in [3.63, 3.8) is 0 Å².